The topological polar surface area (TPSA) is 57.0 Å². The maximum absolute atomic E-state index is 11.8. The van der Waals surface area contributed by atoms with Crippen molar-refractivity contribution in [1.29, 1.82) is 0 Å². The Hall–Kier alpha value is -3.39. The van der Waals surface area contributed by atoms with Crippen LogP contribution < -0.4 is 0 Å². The van der Waals surface area contributed by atoms with Gasteiger partial charge in [0.15, 0.2) is 0 Å². The summed E-state index contributed by atoms with van der Waals surface area (Å²) in [5.74, 6) is 7.10. The van der Waals surface area contributed by atoms with E-state index in [0.29, 0.717) is 6.54 Å². The molecule has 3 heterocycles. The van der Waals surface area contributed by atoms with E-state index in [1.54, 1.807) is 0 Å². The molecule has 5 nitrogen and oxygen atoms in total. The number of ether oxygens (including phenoxy) is 1. The maximum atomic E-state index is 11.8. The first-order chi connectivity index (χ1) is 14.0. The Morgan fingerprint density at radius 3 is 2.66 bits per heavy atom. The van der Waals surface area contributed by atoms with Crippen molar-refractivity contribution in [3.05, 3.63) is 70.9 Å². The van der Waals surface area contributed by atoms with E-state index in [4.69, 9.17) is 9.72 Å². The minimum Gasteiger partial charge on any atom is -0.469 e. The maximum Gasteiger partial charge on any atom is 0.310 e. The van der Waals surface area contributed by atoms with E-state index in [2.05, 4.69) is 21.4 Å². The van der Waals surface area contributed by atoms with Crippen molar-refractivity contribution in [1.82, 2.24) is 14.5 Å². The van der Waals surface area contributed by atoms with Crippen molar-refractivity contribution in [2.45, 2.75) is 33.2 Å². The molecule has 0 radical (unpaired) electrons. The van der Waals surface area contributed by atoms with Crippen molar-refractivity contribution in [2.75, 3.05) is 7.11 Å². The molecule has 4 rings (SSSR count). The predicted molar refractivity (Wildman–Crippen MR) is 111 cm³/mol. The predicted octanol–water partition coefficient (Wildman–Crippen LogP) is 3.70. The zero-order chi connectivity index (χ0) is 20.4. The zero-order valence-corrected chi connectivity index (χ0v) is 16.9. The van der Waals surface area contributed by atoms with E-state index in [9.17, 15) is 4.79 Å². The van der Waals surface area contributed by atoms with E-state index < -0.39 is 0 Å². The van der Waals surface area contributed by atoms with Crippen LogP contribution in [0.15, 0.2) is 42.6 Å². The van der Waals surface area contributed by atoms with Gasteiger partial charge >= 0.3 is 5.97 Å². The number of carbonyl (C=O) groups excluding carboxylic acids is 1. The summed E-state index contributed by atoms with van der Waals surface area (Å²) in [6, 6.07) is 12.1. The Labute approximate surface area is 170 Å². The number of fused-ring (bicyclic) bond motifs is 1. The fourth-order valence-corrected chi connectivity index (χ4v) is 3.71. The summed E-state index contributed by atoms with van der Waals surface area (Å²) in [5.41, 5.74) is 5.81. The SMILES string of the molecule is COC(=O)C1CCc2nc(-c3ccc(C#Cc4cc(C)cc(C)n4)cc3)cn2C1. The number of carbonyl (C=O) groups is 1. The third-order valence-electron chi connectivity index (χ3n) is 5.14. The molecule has 1 aromatic carbocycles. The largest absolute Gasteiger partial charge is 0.469 e. The number of methoxy groups -OCH3 is 1. The number of esters is 1. The Bertz CT molecular complexity index is 1100. The molecule has 1 unspecified atom stereocenters. The van der Waals surface area contributed by atoms with Crippen LogP contribution in [-0.2, 0) is 22.5 Å². The van der Waals surface area contributed by atoms with Crippen LogP contribution in [0.3, 0.4) is 0 Å². The molecule has 1 atom stereocenters. The Morgan fingerprint density at radius 2 is 1.93 bits per heavy atom. The number of aryl methyl sites for hydroxylation is 3. The van der Waals surface area contributed by atoms with Gasteiger partial charge in [-0.25, -0.2) is 9.97 Å². The van der Waals surface area contributed by atoms with Crippen molar-refractivity contribution in [3.8, 4) is 23.1 Å². The van der Waals surface area contributed by atoms with Gasteiger partial charge in [-0.15, -0.1) is 0 Å². The Kier molecular flexibility index (Phi) is 5.18. The van der Waals surface area contributed by atoms with Crippen LogP contribution in [0, 0.1) is 31.6 Å². The summed E-state index contributed by atoms with van der Waals surface area (Å²) < 4.78 is 6.96. The molecule has 29 heavy (non-hydrogen) atoms. The quantitative estimate of drug-likeness (QED) is 0.499. The lowest BCUT2D eigenvalue weighted by molar-refractivity contribution is -0.146. The van der Waals surface area contributed by atoms with E-state index >= 15 is 0 Å². The molecule has 0 spiro atoms. The first kappa shape index (κ1) is 18.9. The average Bonchev–Trinajstić information content (AvgIpc) is 3.14. The van der Waals surface area contributed by atoms with Gasteiger partial charge in [0, 0.05) is 36.0 Å². The minimum absolute atomic E-state index is 0.0916. The van der Waals surface area contributed by atoms with Crippen LogP contribution in [0.2, 0.25) is 0 Å². The fourth-order valence-electron chi connectivity index (χ4n) is 3.71. The summed E-state index contributed by atoms with van der Waals surface area (Å²) in [6.45, 7) is 4.65. The number of hydrogen-bond acceptors (Lipinski definition) is 4. The second kappa shape index (κ2) is 7.92. The third kappa shape index (κ3) is 4.22. The molecule has 0 N–H and O–H groups in total. The first-order valence-corrected chi connectivity index (χ1v) is 9.73. The third-order valence-corrected chi connectivity index (χ3v) is 5.14. The molecular weight excluding hydrogens is 362 g/mol. The highest BCUT2D eigenvalue weighted by Gasteiger charge is 2.26. The smallest absolute Gasteiger partial charge is 0.310 e. The summed E-state index contributed by atoms with van der Waals surface area (Å²) >= 11 is 0. The highest BCUT2D eigenvalue weighted by atomic mass is 16.5. The van der Waals surface area contributed by atoms with Gasteiger partial charge < -0.3 is 9.30 Å². The molecule has 0 bridgehead atoms. The molecular formula is C24H23N3O2. The van der Waals surface area contributed by atoms with Crippen LogP contribution in [-0.4, -0.2) is 27.6 Å². The number of pyridine rings is 1. The van der Waals surface area contributed by atoms with E-state index in [-0.39, 0.29) is 11.9 Å². The Balaban J connectivity index is 1.52. The van der Waals surface area contributed by atoms with Gasteiger partial charge in [-0.05, 0) is 56.0 Å². The first-order valence-electron chi connectivity index (χ1n) is 9.73. The van der Waals surface area contributed by atoms with E-state index in [0.717, 1.165) is 52.4 Å². The van der Waals surface area contributed by atoms with Gasteiger partial charge in [0.1, 0.15) is 11.5 Å². The molecule has 1 aliphatic heterocycles. The number of nitrogens with zero attached hydrogens (tertiary/aromatic N) is 3. The summed E-state index contributed by atoms with van der Waals surface area (Å²) in [4.78, 5) is 21.0. The molecule has 5 heteroatoms. The second-order valence-electron chi connectivity index (χ2n) is 7.45. The number of hydrogen-bond donors (Lipinski definition) is 0. The molecule has 0 aliphatic carbocycles. The Morgan fingerprint density at radius 1 is 1.14 bits per heavy atom. The minimum atomic E-state index is -0.146. The van der Waals surface area contributed by atoms with Crippen LogP contribution in [0.4, 0.5) is 0 Å². The molecule has 3 aromatic rings. The lowest BCUT2D eigenvalue weighted by atomic mass is 10.00. The molecule has 0 saturated heterocycles. The zero-order valence-electron chi connectivity index (χ0n) is 16.9. The van der Waals surface area contributed by atoms with Crippen LogP contribution in [0.1, 0.15) is 34.8 Å². The summed E-state index contributed by atoms with van der Waals surface area (Å²) in [6.07, 6.45) is 3.58. The van der Waals surface area contributed by atoms with Gasteiger partial charge in [0.05, 0.1) is 18.7 Å². The molecule has 1 aliphatic rings. The second-order valence-corrected chi connectivity index (χ2v) is 7.45. The lowest BCUT2D eigenvalue weighted by Gasteiger charge is -2.21. The highest BCUT2D eigenvalue weighted by molar-refractivity contribution is 5.72. The lowest BCUT2D eigenvalue weighted by Crippen LogP contribution is -2.27. The van der Waals surface area contributed by atoms with Crippen molar-refractivity contribution in [2.24, 2.45) is 5.92 Å². The summed E-state index contributed by atoms with van der Waals surface area (Å²) in [7, 11) is 1.44. The number of rotatable bonds is 2. The van der Waals surface area contributed by atoms with Crippen molar-refractivity contribution >= 4 is 5.97 Å². The molecule has 0 fully saturated rings. The number of aromatic nitrogens is 3. The highest BCUT2D eigenvalue weighted by Crippen LogP contribution is 2.25. The van der Waals surface area contributed by atoms with E-state index in [1.807, 2.05) is 56.4 Å². The van der Waals surface area contributed by atoms with Crippen LogP contribution >= 0.6 is 0 Å². The monoisotopic (exact) mass is 385 g/mol. The fraction of sp³-hybridized carbons (Fsp3) is 0.292. The van der Waals surface area contributed by atoms with Crippen LogP contribution in [0.25, 0.3) is 11.3 Å². The number of benzene rings is 1. The van der Waals surface area contributed by atoms with E-state index in [1.165, 1.54) is 7.11 Å². The van der Waals surface area contributed by atoms with Crippen molar-refractivity contribution < 1.29 is 9.53 Å². The molecule has 2 aromatic heterocycles. The van der Waals surface area contributed by atoms with Crippen molar-refractivity contribution in [3.63, 3.8) is 0 Å². The summed E-state index contributed by atoms with van der Waals surface area (Å²) in [5, 5.41) is 0. The molecule has 146 valence electrons. The normalized spacial score (nSPS) is 15.2. The number of imidazole rings is 1. The standard InChI is InChI=1S/C24H23N3O2/c1-16-12-17(2)25-21(13-16)10-6-18-4-7-19(8-5-18)22-15-27-14-20(24(28)29-3)9-11-23(27)26-22/h4-5,7-8,12-13,15,20H,9,11,14H2,1-3H3. The molecule has 0 amide bonds. The average molecular weight is 385 g/mol. The van der Waals surface area contributed by atoms with Gasteiger partial charge in [0.25, 0.3) is 0 Å². The van der Waals surface area contributed by atoms with Gasteiger partial charge in [0.2, 0.25) is 0 Å². The van der Waals surface area contributed by atoms with Gasteiger partial charge in [-0.3, -0.25) is 4.79 Å². The molecule has 0 saturated carbocycles. The van der Waals surface area contributed by atoms with Gasteiger partial charge in [-0.1, -0.05) is 18.1 Å². The van der Waals surface area contributed by atoms with Crippen LogP contribution in [0.5, 0.6) is 0 Å². The van der Waals surface area contributed by atoms with Gasteiger partial charge in [-0.2, -0.15) is 0 Å².